The lowest BCUT2D eigenvalue weighted by molar-refractivity contribution is 0.411. The van der Waals surface area contributed by atoms with Crippen molar-refractivity contribution in [2.45, 2.75) is 18.4 Å². The van der Waals surface area contributed by atoms with Gasteiger partial charge in [0.2, 0.25) is 10.0 Å². The highest BCUT2D eigenvalue weighted by Crippen LogP contribution is 2.21. The molecule has 0 fully saturated rings. The van der Waals surface area contributed by atoms with E-state index in [0.717, 1.165) is 16.8 Å². The number of benzene rings is 2. The van der Waals surface area contributed by atoms with Gasteiger partial charge in [0.05, 0.1) is 12.0 Å². The Bertz CT molecular complexity index is 769. The van der Waals surface area contributed by atoms with Crippen LogP contribution < -0.4 is 14.4 Å². The average Bonchev–Trinajstić information content (AvgIpc) is 2.53. The van der Waals surface area contributed by atoms with Crippen LogP contribution in [-0.4, -0.2) is 29.6 Å². The molecule has 0 saturated carbocycles. The van der Waals surface area contributed by atoms with Crippen LogP contribution in [0.2, 0.25) is 0 Å². The summed E-state index contributed by atoms with van der Waals surface area (Å²) in [5.41, 5.74) is 2.76. The van der Waals surface area contributed by atoms with Crippen molar-refractivity contribution in [1.82, 2.24) is 4.72 Å². The smallest absolute Gasteiger partial charge is 0.240 e. The maximum atomic E-state index is 12.4. The number of hydrogen-bond acceptors (Lipinski definition) is 4. The monoisotopic (exact) mass is 334 g/mol. The van der Waals surface area contributed by atoms with Crippen molar-refractivity contribution in [1.29, 1.82) is 0 Å². The standard InChI is InChI=1S/C17H22N2O3S/c1-13-11-16(9-10-17(13)22-4)23(20,21)18-12-14-5-7-15(8-6-14)19(2)3/h5-11,18H,12H2,1-4H3. The fourth-order valence-electron chi connectivity index (χ4n) is 2.19. The van der Waals surface area contributed by atoms with E-state index in [4.69, 9.17) is 4.74 Å². The van der Waals surface area contributed by atoms with E-state index in [1.807, 2.05) is 50.2 Å². The Balaban J connectivity index is 2.10. The Hall–Kier alpha value is -2.05. The molecule has 0 amide bonds. The number of nitrogens with zero attached hydrogens (tertiary/aromatic N) is 1. The van der Waals surface area contributed by atoms with Gasteiger partial charge in [-0.05, 0) is 48.4 Å². The van der Waals surface area contributed by atoms with Gasteiger partial charge in [-0.15, -0.1) is 0 Å². The van der Waals surface area contributed by atoms with Gasteiger partial charge in [0.25, 0.3) is 0 Å². The van der Waals surface area contributed by atoms with Crippen molar-refractivity contribution in [3.8, 4) is 5.75 Å². The zero-order valence-corrected chi connectivity index (χ0v) is 14.6. The minimum atomic E-state index is -3.55. The molecule has 0 aliphatic rings. The number of nitrogens with one attached hydrogen (secondary N) is 1. The van der Waals surface area contributed by atoms with Crippen LogP contribution in [-0.2, 0) is 16.6 Å². The zero-order chi connectivity index (χ0) is 17.0. The van der Waals surface area contributed by atoms with Crippen LogP contribution in [0.3, 0.4) is 0 Å². The minimum Gasteiger partial charge on any atom is -0.496 e. The molecule has 0 saturated heterocycles. The summed E-state index contributed by atoms with van der Waals surface area (Å²) in [6, 6.07) is 12.6. The summed E-state index contributed by atoms with van der Waals surface area (Å²) in [6.07, 6.45) is 0. The fraction of sp³-hybridized carbons (Fsp3) is 0.294. The summed E-state index contributed by atoms with van der Waals surface area (Å²) in [7, 11) is 1.94. The minimum absolute atomic E-state index is 0.237. The van der Waals surface area contributed by atoms with Gasteiger partial charge < -0.3 is 9.64 Å². The highest BCUT2D eigenvalue weighted by molar-refractivity contribution is 7.89. The number of methoxy groups -OCH3 is 1. The summed E-state index contributed by atoms with van der Waals surface area (Å²) in [4.78, 5) is 2.23. The Morgan fingerprint density at radius 1 is 1.09 bits per heavy atom. The molecule has 5 nitrogen and oxygen atoms in total. The van der Waals surface area contributed by atoms with E-state index >= 15 is 0 Å². The van der Waals surface area contributed by atoms with E-state index in [1.54, 1.807) is 25.3 Å². The lowest BCUT2D eigenvalue weighted by atomic mass is 10.2. The van der Waals surface area contributed by atoms with Crippen LogP contribution >= 0.6 is 0 Å². The number of sulfonamides is 1. The number of ether oxygens (including phenoxy) is 1. The Kier molecular flexibility index (Phi) is 5.28. The van der Waals surface area contributed by atoms with Gasteiger partial charge in [0.15, 0.2) is 0 Å². The molecule has 0 aliphatic carbocycles. The van der Waals surface area contributed by atoms with Gasteiger partial charge >= 0.3 is 0 Å². The second-order valence-electron chi connectivity index (χ2n) is 5.52. The first-order valence-corrected chi connectivity index (χ1v) is 8.72. The van der Waals surface area contributed by atoms with Crippen LogP contribution in [0, 0.1) is 6.92 Å². The first-order chi connectivity index (χ1) is 10.8. The molecule has 0 heterocycles. The van der Waals surface area contributed by atoms with Crippen molar-refractivity contribution in [2.75, 3.05) is 26.1 Å². The molecular weight excluding hydrogens is 312 g/mol. The molecule has 23 heavy (non-hydrogen) atoms. The first kappa shape index (κ1) is 17.3. The van der Waals surface area contributed by atoms with E-state index in [0.29, 0.717) is 5.75 Å². The summed E-state index contributed by atoms with van der Waals surface area (Å²) in [5.74, 6) is 0.670. The summed E-state index contributed by atoms with van der Waals surface area (Å²) in [6.45, 7) is 2.07. The molecule has 0 radical (unpaired) electrons. The quantitative estimate of drug-likeness (QED) is 0.882. The third-order valence-corrected chi connectivity index (χ3v) is 4.99. The van der Waals surface area contributed by atoms with Crippen LogP contribution in [0.5, 0.6) is 5.75 Å². The number of hydrogen-bond donors (Lipinski definition) is 1. The second kappa shape index (κ2) is 7.02. The van der Waals surface area contributed by atoms with E-state index in [9.17, 15) is 8.42 Å². The van der Waals surface area contributed by atoms with Crippen LogP contribution in [0.4, 0.5) is 5.69 Å². The van der Waals surface area contributed by atoms with Gasteiger partial charge in [0, 0.05) is 26.3 Å². The molecule has 0 bridgehead atoms. The lowest BCUT2D eigenvalue weighted by Gasteiger charge is -2.13. The average molecular weight is 334 g/mol. The second-order valence-corrected chi connectivity index (χ2v) is 7.28. The maximum Gasteiger partial charge on any atom is 0.240 e. The Labute approximate surface area is 137 Å². The van der Waals surface area contributed by atoms with Gasteiger partial charge in [-0.25, -0.2) is 13.1 Å². The fourth-order valence-corrected chi connectivity index (χ4v) is 3.29. The van der Waals surface area contributed by atoms with E-state index in [-0.39, 0.29) is 11.4 Å². The molecule has 124 valence electrons. The van der Waals surface area contributed by atoms with E-state index in [2.05, 4.69) is 4.72 Å². The molecule has 6 heteroatoms. The van der Waals surface area contributed by atoms with Crippen LogP contribution in [0.25, 0.3) is 0 Å². The normalized spacial score (nSPS) is 11.3. The Morgan fingerprint density at radius 2 is 1.74 bits per heavy atom. The van der Waals surface area contributed by atoms with Crippen molar-refractivity contribution in [3.63, 3.8) is 0 Å². The molecule has 2 aromatic carbocycles. The predicted octanol–water partition coefficient (Wildman–Crippen LogP) is 2.55. The van der Waals surface area contributed by atoms with Gasteiger partial charge in [-0.3, -0.25) is 0 Å². The third kappa shape index (κ3) is 4.24. The van der Waals surface area contributed by atoms with Gasteiger partial charge in [0.1, 0.15) is 5.75 Å². The predicted molar refractivity (Wildman–Crippen MR) is 92.5 cm³/mol. The number of rotatable bonds is 6. The molecule has 0 aliphatic heterocycles. The topological polar surface area (TPSA) is 58.6 Å². The zero-order valence-electron chi connectivity index (χ0n) is 13.8. The lowest BCUT2D eigenvalue weighted by Crippen LogP contribution is -2.23. The molecule has 0 unspecified atom stereocenters. The molecule has 0 aromatic heterocycles. The number of aryl methyl sites for hydroxylation is 1. The van der Waals surface area contributed by atoms with E-state index in [1.165, 1.54) is 0 Å². The van der Waals surface area contributed by atoms with Crippen molar-refractivity contribution < 1.29 is 13.2 Å². The highest BCUT2D eigenvalue weighted by atomic mass is 32.2. The molecular formula is C17H22N2O3S. The SMILES string of the molecule is COc1ccc(S(=O)(=O)NCc2ccc(N(C)C)cc2)cc1C. The van der Waals surface area contributed by atoms with Crippen LogP contribution in [0.15, 0.2) is 47.4 Å². The van der Waals surface area contributed by atoms with Crippen molar-refractivity contribution in [3.05, 3.63) is 53.6 Å². The Morgan fingerprint density at radius 3 is 2.26 bits per heavy atom. The summed E-state index contributed by atoms with van der Waals surface area (Å²) < 4.78 is 32.5. The third-order valence-electron chi connectivity index (χ3n) is 3.60. The molecule has 0 atom stereocenters. The first-order valence-electron chi connectivity index (χ1n) is 7.24. The summed E-state index contributed by atoms with van der Waals surface area (Å²) in [5, 5.41) is 0. The molecule has 0 spiro atoms. The highest BCUT2D eigenvalue weighted by Gasteiger charge is 2.15. The number of anilines is 1. The van der Waals surface area contributed by atoms with Crippen LogP contribution in [0.1, 0.15) is 11.1 Å². The van der Waals surface area contributed by atoms with Crippen molar-refractivity contribution >= 4 is 15.7 Å². The molecule has 1 N–H and O–H groups in total. The maximum absolute atomic E-state index is 12.4. The largest absolute Gasteiger partial charge is 0.496 e. The molecule has 2 rings (SSSR count). The van der Waals surface area contributed by atoms with Gasteiger partial charge in [-0.1, -0.05) is 12.1 Å². The van der Waals surface area contributed by atoms with E-state index < -0.39 is 10.0 Å². The molecule has 2 aromatic rings. The summed E-state index contributed by atoms with van der Waals surface area (Å²) >= 11 is 0. The van der Waals surface area contributed by atoms with Crippen molar-refractivity contribution in [2.24, 2.45) is 0 Å². The van der Waals surface area contributed by atoms with Gasteiger partial charge in [-0.2, -0.15) is 0 Å².